The Balaban J connectivity index is 2.30. The fourth-order valence-corrected chi connectivity index (χ4v) is 1.76. The minimum absolute atomic E-state index is 0.0421. The van der Waals surface area contributed by atoms with Crippen LogP contribution in [0.2, 0.25) is 0 Å². The maximum absolute atomic E-state index is 11.3. The molecule has 0 spiro atoms. The number of ketones is 1. The van der Waals surface area contributed by atoms with Gasteiger partial charge >= 0.3 is 0 Å². The molecule has 2 aromatic rings. The van der Waals surface area contributed by atoms with Gasteiger partial charge in [-0.05, 0) is 18.4 Å². The monoisotopic (exact) mass is 236 g/mol. The molecule has 0 saturated carbocycles. The zero-order chi connectivity index (χ0) is 11.5. The predicted molar refractivity (Wildman–Crippen MR) is 60.2 cm³/mol. The molecule has 0 aliphatic rings. The number of thioether (sulfide) groups is 1. The van der Waals surface area contributed by atoms with Gasteiger partial charge < -0.3 is 9.97 Å². The molecule has 2 rings (SSSR count). The van der Waals surface area contributed by atoms with Crippen LogP contribution in [0.5, 0.6) is 0 Å². The average molecular weight is 236 g/mol. The number of allylic oxidation sites excluding steroid dienone is 1. The number of H-pyrrole nitrogens is 2. The molecule has 0 saturated heterocycles. The highest BCUT2D eigenvalue weighted by atomic mass is 32.2. The second kappa shape index (κ2) is 4.31. The van der Waals surface area contributed by atoms with E-state index in [0.717, 1.165) is 0 Å². The number of fused-ring (bicyclic) bond motifs is 1. The third kappa shape index (κ3) is 2.19. The van der Waals surface area contributed by atoms with Gasteiger partial charge in [-0.3, -0.25) is 9.59 Å². The van der Waals surface area contributed by atoms with Crippen molar-refractivity contribution in [3.63, 3.8) is 0 Å². The molecule has 0 amide bonds. The summed E-state index contributed by atoms with van der Waals surface area (Å²) in [7, 11) is 0. The van der Waals surface area contributed by atoms with Crippen molar-refractivity contribution in [2.75, 3.05) is 0 Å². The molecule has 2 N–H and O–H groups in total. The van der Waals surface area contributed by atoms with Gasteiger partial charge in [0.15, 0.2) is 22.1 Å². The highest BCUT2D eigenvalue weighted by Crippen LogP contribution is 2.16. The number of rotatable bonds is 3. The van der Waals surface area contributed by atoms with E-state index in [1.165, 1.54) is 31.1 Å². The Morgan fingerprint density at radius 3 is 3.06 bits per heavy atom. The molecule has 16 heavy (non-hydrogen) atoms. The Hall–Kier alpha value is -1.89. The van der Waals surface area contributed by atoms with E-state index in [4.69, 9.17) is 0 Å². The van der Waals surface area contributed by atoms with Crippen molar-refractivity contribution in [3.05, 3.63) is 28.2 Å². The van der Waals surface area contributed by atoms with Crippen molar-refractivity contribution in [1.29, 1.82) is 0 Å². The molecule has 0 atom stereocenters. The normalized spacial score (nSPS) is 11.3. The van der Waals surface area contributed by atoms with Crippen LogP contribution in [0.1, 0.15) is 6.92 Å². The van der Waals surface area contributed by atoms with E-state index in [2.05, 4.69) is 19.9 Å². The van der Waals surface area contributed by atoms with Gasteiger partial charge in [0, 0.05) is 0 Å². The molecule has 0 aliphatic heterocycles. The standard InChI is InChI=1S/C9H8N4O2S/c1-5(14)2-3-16-9-12-6-7(13-9)10-4-11-8(6)15/h2-4H,1H3,(H2,10,11,12,13,15)/b3-2+. The van der Waals surface area contributed by atoms with Gasteiger partial charge in [0.25, 0.3) is 5.56 Å². The van der Waals surface area contributed by atoms with Crippen molar-refractivity contribution in [2.45, 2.75) is 12.1 Å². The molecule has 7 heteroatoms. The van der Waals surface area contributed by atoms with Gasteiger partial charge in [-0.2, -0.15) is 0 Å². The van der Waals surface area contributed by atoms with Crippen molar-refractivity contribution < 1.29 is 4.79 Å². The van der Waals surface area contributed by atoms with E-state index in [9.17, 15) is 9.59 Å². The number of aromatic amines is 2. The zero-order valence-electron chi connectivity index (χ0n) is 8.35. The van der Waals surface area contributed by atoms with E-state index in [-0.39, 0.29) is 11.3 Å². The second-order valence-electron chi connectivity index (χ2n) is 3.00. The molecule has 0 aromatic carbocycles. The smallest absolute Gasteiger partial charge is 0.276 e. The minimum atomic E-state index is -0.264. The summed E-state index contributed by atoms with van der Waals surface area (Å²) in [5.41, 5.74) is 0.434. The van der Waals surface area contributed by atoms with Crippen molar-refractivity contribution in [3.8, 4) is 0 Å². The van der Waals surface area contributed by atoms with Crippen LogP contribution >= 0.6 is 11.8 Å². The molecule has 2 aromatic heterocycles. The molecule has 2 heterocycles. The average Bonchev–Trinajstić information content (AvgIpc) is 2.61. The van der Waals surface area contributed by atoms with Crippen LogP contribution in [0.25, 0.3) is 11.2 Å². The van der Waals surface area contributed by atoms with Crippen molar-refractivity contribution in [2.24, 2.45) is 0 Å². The van der Waals surface area contributed by atoms with Crippen LogP contribution in [-0.4, -0.2) is 25.7 Å². The van der Waals surface area contributed by atoms with Gasteiger partial charge in [0.1, 0.15) is 0 Å². The Morgan fingerprint density at radius 2 is 2.38 bits per heavy atom. The van der Waals surface area contributed by atoms with Crippen LogP contribution in [0, 0.1) is 0 Å². The minimum Gasteiger partial charge on any atom is -0.327 e. The molecule has 6 nitrogen and oxygen atoms in total. The van der Waals surface area contributed by atoms with Gasteiger partial charge in [0.05, 0.1) is 6.33 Å². The number of aromatic nitrogens is 4. The van der Waals surface area contributed by atoms with Crippen LogP contribution in [0.15, 0.2) is 27.8 Å². The summed E-state index contributed by atoms with van der Waals surface area (Å²) < 4.78 is 0. The molecule has 0 unspecified atom stereocenters. The zero-order valence-corrected chi connectivity index (χ0v) is 9.17. The van der Waals surface area contributed by atoms with Crippen molar-refractivity contribution in [1.82, 2.24) is 19.9 Å². The first kappa shape index (κ1) is 10.6. The SMILES string of the molecule is CC(=O)/C=C/Sc1nc2nc[nH]c(=O)c2[nH]1. The number of imidazole rings is 1. The summed E-state index contributed by atoms with van der Waals surface area (Å²) in [6.45, 7) is 1.46. The maximum Gasteiger partial charge on any atom is 0.276 e. The first-order valence-corrected chi connectivity index (χ1v) is 5.32. The van der Waals surface area contributed by atoms with Crippen molar-refractivity contribution >= 4 is 28.7 Å². The molecule has 0 bridgehead atoms. The van der Waals surface area contributed by atoms with Gasteiger partial charge in [0.2, 0.25) is 0 Å². The number of nitrogens with one attached hydrogen (secondary N) is 2. The van der Waals surface area contributed by atoms with E-state index >= 15 is 0 Å². The Bertz CT molecular complexity index is 613. The van der Waals surface area contributed by atoms with E-state index < -0.39 is 0 Å². The number of nitrogens with zero attached hydrogens (tertiary/aromatic N) is 2. The third-order valence-corrected chi connectivity index (χ3v) is 2.44. The number of hydrogen-bond acceptors (Lipinski definition) is 5. The quantitative estimate of drug-likeness (QED) is 0.608. The first-order chi connectivity index (χ1) is 7.66. The summed E-state index contributed by atoms with van der Waals surface area (Å²) in [5, 5.41) is 2.13. The lowest BCUT2D eigenvalue weighted by atomic mass is 10.5. The van der Waals surface area contributed by atoms with Crippen LogP contribution in [-0.2, 0) is 4.79 Å². The maximum atomic E-state index is 11.3. The Kier molecular flexibility index (Phi) is 2.86. The third-order valence-electron chi connectivity index (χ3n) is 1.75. The largest absolute Gasteiger partial charge is 0.327 e. The fraction of sp³-hybridized carbons (Fsp3) is 0.111. The van der Waals surface area contributed by atoms with E-state index in [1.807, 2.05) is 0 Å². The van der Waals surface area contributed by atoms with Crippen LogP contribution in [0.3, 0.4) is 0 Å². The summed E-state index contributed by atoms with van der Waals surface area (Å²) in [6.07, 6.45) is 2.72. The van der Waals surface area contributed by atoms with Gasteiger partial charge in [-0.25, -0.2) is 9.97 Å². The Morgan fingerprint density at radius 1 is 1.56 bits per heavy atom. The van der Waals surface area contributed by atoms with E-state index in [1.54, 1.807) is 5.41 Å². The molecule has 0 aliphatic carbocycles. The molecular weight excluding hydrogens is 228 g/mol. The predicted octanol–water partition coefficient (Wildman–Crippen LogP) is 0.841. The topological polar surface area (TPSA) is 91.5 Å². The lowest BCUT2D eigenvalue weighted by Crippen LogP contribution is -2.05. The molecule has 82 valence electrons. The summed E-state index contributed by atoms with van der Waals surface area (Å²) in [4.78, 5) is 35.2. The lowest BCUT2D eigenvalue weighted by Gasteiger charge is -1.84. The molecule has 0 radical (unpaired) electrons. The van der Waals surface area contributed by atoms with E-state index in [0.29, 0.717) is 16.3 Å². The summed E-state index contributed by atoms with van der Waals surface area (Å²) in [5.74, 6) is -0.0421. The Labute approximate surface area is 94.2 Å². The number of hydrogen-bond donors (Lipinski definition) is 2. The number of carbonyl (C=O) groups excluding carboxylic acids is 1. The molecule has 0 fully saturated rings. The fourth-order valence-electron chi connectivity index (χ4n) is 1.07. The highest BCUT2D eigenvalue weighted by Gasteiger charge is 2.05. The first-order valence-electron chi connectivity index (χ1n) is 4.44. The summed E-state index contributed by atoms with van der Waals surface area (Å²) >= 11 is 1.22. The van der Waals surface area contributed by atoms with Gasteiger partial charge in [-0.15, -0.1) is 0 Å². The number of carbonyl (C=O) groups is 1. The van der Waals surface area contributed by atoms with Crippen LogP contribution in [0.4, 0.5) is 0 Å². The summed E-state index contributed by atoms with van der Waals surface area (Å²) in [6, 6.07) is 0. The van der Waals surface area contributed by atoms with Crippen LogP contribution < -0.4 is 5.56 Å². The highest BCUT2D eigenvalue weighted by molar-refractivity contribution is 8.02. The van der Waals surface area contributed by atoms with Gasteiger partial charge in [-0.1, -0.05) is 11.8 Å². The lowest BCUT2D eigenvalue weighted by molar-refractivity contribution is -0.112. The second-order valence-corrected chi connectivity index (χ2v) is 3.90. The molecular formula is C9H8N4O2S.